The molecule has 2 aromatic carbocycles. The minimum absolute atomic E-state index is 0.0940. The number of carbonyl (C=O) groups is 1. The van der Waals surface area contributed by atoms with Gasteiger partial charge >= 0.3 is 0 Å². The van der Waals surface area contributed by atoms with E-state index in [4.69, 9.17) is 4.42 Å². The molecule has 0 aliphatic carbocycles. The minimum atomic E-state index is -0.378. The van der Waals surface area contributed by atoms with Gasteiger partial charge in [-0.3, -0.25) is 4.79 Å². The van der Waals surface area contributed by atoms with Crippen LogP contribution in [0.15, 0.2) is 59.1 Å². The van der Waals surface area contributed by atoms with E-state index in [1.807, 2.05) is 12.1 Å². The van der Waals surface area contributed by atoms with E-state index < -0.39 is 0 Å². The van der Waals surface area contributed by atoms with Crippen LogP contribution in [-0.4, -0.2) is 30.5 Å². The monoisotopic (exact) mass is 393 g/mol. The smallest absolute Gasteiger partial charge is 0.252 e. The van der Waals surface area contributed by atoms with Gasteiger partial charge in [-0.25, -0.2) is 9.37 Å². The molecular weight excluding hydrogens is 369 g/mol. The maximum absolute atomic E-state index is 14.1. The van der Waals surface area contributed by atoms with Crippen molar-refractivity contribution in [1.82, 2.24) is 15.6 Å². The summed E-state index contributed by atoms with van der Waals surface area (Å²) in [6, 6.07) is 13.6. The van der Waals surface area contributed by atoms with Gasteiger partial charge in [-0.2, -0.15) is 0 Å². The second kappa shape index (κ2) is 8.17. The number of benzene rings is 2. The van der Waals surface area contributed by atoms with Crippen LogP contribution in [0.5, 0.6) is 0 Å². The zero-order chi connectivity index (χ0) is 20.3. The molecule has 4 rings (SSSR count). The van der Waals surface area contributed by atoms with E-state index in [1.165, 1.54) is 12.3 Å². The maximum Gasteiger partial charge on any atom is 0.252 e. The van der Waals surface area contributed by atoms with Crippen LogP contribution in [0.25, 0.3) is 22.8 Å². The number of amides is 1. The van der Waals surface area contributed by atoms with Crippen molar-refractivity contribution in [3.05, 3.63) is 66.1 Å². The van der Waals surface area contributed by atoms with Crippen molar-refractivity contribution in [2.75, 3.05) is 19.6 Å². The second-order valence-corrected chi connectivity index (χ2v) is 7.80. The first-order valence-electron chi connectivity index (χ1n) is 9.85. The molecule has 6 heteroatoms. The van der Waals surface area contributed by atoms with E-state index in [2.05, 4.69) is 22.5 Å². The van der Waals surface area contributed by atoms with Gasteiger partial charge in [0.1, 0.15) is 5.82 Å². The average molecular weight is 393 g/mol. The Labute approximate surface area is 169 Å². The van der Waals surface area contributed by atoms with E-state index in [9.17, 15) is 9.18 Å². The first kappa shape index (κ1) is 19.3. The zero-order valence-corrected chi connectivity index (χ0v) is 16.4. The van der Waals surface area contributed by atoms with Gasteiger partial charge in [0, 0.05) is 12.1 Å². The summed E-state index contributed by atoms with van der Waals surface area (Å²) in [5.74, 6) is 0.0834. The van der Waals surface area contributed by atoms with Gasteiger partial charge in [-0.15, -0.1) is 0 Å². The number of hydrogen-bond donors (Lipinski definition) is 2. The molecule has 2 N–H and O–H groups in total. The fourth-order valence-corrected chi connectivity index (χ4v) is 3.65. The molecule has 1 fully saturated rings. The van der Waals surface area contributed by atoms with Crippen LogP contribution < -0.4 is 10.6 Å². The highest BCUT2D eigenvalue weighted by molar-refractivity contribution is 6.00. The van der Waals surface area contributed by atoms with Crippen LogP contribution in [0.4, 0.5) is 4.39 Å². The van der Waals surface area contributed by atoms with Crippen LogP contribution in [0.2, 0.25) is 0 Å². The number of halogens is 1. The van der Waals surface area contributed by atoms with Gasteiger partial charge in [-0.05, 0) is 55.6 Å². The molecule has 150 valence electrons. The Kier molecular flexibility index (Phi) is 5.45. The molecule has 29 heavy (non-hydrogen) atoms. The summed E-state index contributed by atoms with van der Waals surface area (Å²) in [7, 11) is 0. The van der Waals surface area contributed by atoms with Crippen LogP contribution in [0.3, 0.4) is 0 Å². The molecule has 1 aliphatic rings. The summed E-state index contributed by atoms with van der Waals surface area (Å²) >= 11 is 0. The lowest BCUT2D eigenvalue weighted by Crippen LogP contribution is -2.43. The largest absolute Gasteiger partial charge is 0.436 e. The van der Waals surface area contributed by atoms with Crippen LogP contribution >= 0.6 is 0 Å². The van der Waals surface area contributed by atoms with E-state index in [-0.39, 0.29) is 17.1 Å². The summed E-state index contributed by atoms with van der Waals surface area (Å²) in [4.78, 5) is 17.2. The third kappa shape index (κ3) is 4.22. The standard InChI is InChI=1S/C23H24FN3O2/c1-23(10-12-25-13-11-23)15-27-21(28)16-6-2-3-7-17(16)22-26-14-20(29-22)18-8-4-5-9-19(18)24/h2-9,14,25H,10-13,15H2,1H3,(H,27,28). The van der Waals surface area contributed by atoms with Gasteiger partial charge < -0.3 is 15.1 Å². The molecule has 0 atom stereocenters. The van der Waals surface area contributed by atoms with Crippen molar-refractivity contribution >= 4 is 5.91 Å². The van der Waals surface area contributed by atoms with Crippen molar-refractivity contribution in [2.24, 2.45) is 5.41 Å². The van der Waals surface area contributed by atoms with Gasteiger partial charge in [0.25, 0.3) is 5.91 Å². The molecular formula is C23H24FN3O2. The minimum Gasteiger partial charge on any atom is -0.436 e. The molecule has 0 unspecified atom stereocenters. The molecule has 0 bridgehead atoms. The highest BCUT2D eigenvalue weighted by atomic mass is 19.1. The lowest BCUT2D eigenvalue weighted by atomic mass is 9.81. The molecule has 2 heterocycles. The first-order chi connectivity index (χ1) is 14.1. The van der Waals surface area contributed by atoms with Crippen molar-refractivity contribution in [3.8, 4) is 22.8 Å². The molecule has 1 amide bonds. The number of hydrogen-bond acceptors (Lipinski definition) is 4. The molecule has 1 aromatic heterocycles. The predicted molar refractivity (Wildman–Crippen MR) is 110 cm³/mol. The van der Waals surface area contributed by atoms with Gasteiger partial charge in [-0.1, -0.05) is 31.2 Å². The second-order valence-electron chi connectivity index (χ2n) is 7.80. The Hall–Kier alpha value is -2.99. The Morgan fingerprint density at radius 1 is 1.14 bits per heavy atom. The number of rotatable bonds is 5. The van der Waals surface area contributed by atoms with Crippen LogP contribution in [0.1, 0.15) is 30.1 Å². The van der Waals surface area contributed by atoms with Crippen molar-refractivity contribution in [1.29, 1.82) is 0 Å². The zero-order valence-electron chi connectivity index (χ0n) is 16.4. The number of nitrogens with one attached hydrogen (secondary N) is 2. The van der Waals surface area contributed by atoms with Crippen molar-refractivity contribution in [2.45, 2.75) is 19.8 Å². The molecule has 0 spiro atoms. The highest BCUT2D eigenvalue weighted by Crippen LogP contribution is 2.30. The molecule has 5 nitrogen and oxygen atoms in total. The third-order valence-corrected chi connectivity index (χ3v) is 5.53. The van der Waals surface area contributed by atoms with E-state index in [0.717, 1.165) is 25.9 Å². The number of nitrogens with zero attached hydrogens (tertiary/aromatic N) is 1. The van der Waals surface area contributed by atoms with Crippen LogP contribution in [0, 0.1) is 11.2 Å². The van der Waals surface area contributed by atoms with Crippen LogP contribution in [-0.2, 0) is 0 Å². The molecule has 1 aliphatic heterocycles. The highest BCUT2D eigenvalue weighted by Gasteiger charge is 2.27. The quantitative estimate of drug-likeness (QED) is 0.679. The first-order valence-corrected chi connectivity index (χ1v) is 9.85. The predicted octanol–water partition coefficient (Wildman–Crippen LogP) is 4.27. The lowest BCUT2D eigenvalue weighted by molar-refractivity contribution is 0.0922. The van der Waals surface area contributed by atoms with E-state index in [1.54, 1.807) is 30.3 Å². The number of carbonyl (C=O) groups excluding carboxylic acids is 1. The third-order valence-electron chi connectivity index (χ3n) is 5.53. The average Bonchev–Trinajstić information content (AvgIpc) is 3.23. The van der Waals surface area contributed by atoms with Crippen molar-refractivity contribution in [3.63, 3.8) is 0 Å². The number of oxazole rings is 1. The summed E-state index contributed by atoms with van der Waals surface area (Å²) in [6.07, 6.45) is 3.54. The number of piperidine rings is 1. The van der Waals surface area contributed by atoms with E-state index >= 15 is 0 Å². The summed E-state index contributed by atoms with van der Waals surface area (Å²) in [6.45, 7) is 4.76. The Morgan fingerprint density at radius 2 is 1.83 bits per heavy atom. The Balaban J connectivity index is 1.56. The van der Waals surface area contributed by atoms with Gasteiger partial charge in [0.05, 0.1) is 17.3 Å². The molecule has 0 radical (unpaired) electrons. The summed E-state index contributed by atoms with van der Waals surface area (Å²) in [5, 5.41) is 6.42. The topological polar surface area (TPSA) is 67.2 Å². The van der Waals surface area contributed by atoms with Gasteiger partial charge in [0.15, 0.2) is 5.76 Å². The molecule has 0 saturated carbocycles. The van der Waals surface area contributed by atoms with E-state index in [0.29, 0.717) is 34.9 Å². The Bertz CT molecular complexity index is 1010. The fraction of sp³-hybridized carbons (Fsp3) is 0.304. The van der Waals surface area contributed by atoms with Crippen molar-refractivity contribution < 1.29 is 13.6 Å². The summed E-state index contributed by atoms with van der Waals surface area (Å²) < 4.78 is 19.9. The molecule has 3 aromatic rings. The van der Waals surface area contributed by atoms with Gasteiger partial charge in [0.2, 0.25) is 5.89 Å². The SMILES string of the molecule is CC1(CNC(=O)c2ccccc2-c2ncc(-c3ccccc3F)o2)CCNCC1. The lowest BCUT2D eigenvalue weighted by Gasteiger charge is -2.34. The normalized spacial score (nSPS) is 15.8. The maximum atomic E-state index is 14.1. The summed E-state index contributed by atoms with van der Waals surface area (Å²) in [5.41, 5.74) is 1.51. The fourth-order valence-electron chi connectivity index (χ4n) is 3.65. The molecule has 1 saturated heterocycles. The Morgan fingerprint density at radius 3 is 2.59 bits per heavy atom. The number of aromatic nitrogens is 1.